The second-order valence-corrected chi connectivity index (χ2v) is 7.11. The minimum atomic E-state index is 0.0322. The Hall–Kier alpha value is -1.95. The molecule has 1 aromatic carbocycles. The molecule has 1 fully saturated rings. The average Bonchev–Trinajstić information content (AvgIpc) is 2.66. The highest BCUT2D eigenvalue weighted by Crippen LogP contribution is 2.18. The first kappa shape index (κ1) is 20.4. The normalized spacial score (nSPS) is 17.8. The Kier molecular flexibility index (Phi) is 8.04. The predicted molar refractivity (Wildman–Crippen MR) is 107 cm³/mol. The van der Waals surface area contributed by atoms with Gasteiger partial charge < -0.3 is 25.0 Å². The van der Waals surface area contributed by atoms with E-state index in [-0.39, 0.29) is 6.10 Å². The van der Waals surface area contributed by atoms with Crippen LogP contribution < -0.4 is 20.1 Å². The molecular formula is C20H34N4O2. The van der Waals surface area contributed by atoms with Gasteiger partial charge in [0.1, 0.15) is 17.6 Å². The molecule has 1 heterocycles. The molecule has 6 heteroatoms. The van der Waals surface area contributed by atoms with Gasteiger partial charge in [0.25, 0.3) is 0 Å². The van der Waals surface area contributed by atoms with Gasteiger partial charge in [0.05, 0.1) is 13.7 Å². The maximum absolute atomic E-state index is 5.93. The van der Waals surface area contributed by atoms with Crippen LogP contribution in [0.5, 0.6) is 11.5 Å². The molecule has 1 unspecified atom stereocenters. The number of rotatable bonds is 7. The van der Waals surface area contributed by atoms with E-state index in [9.17, 15) is 0 Å². The summed E-state index contributed by atoms with van der Waals surface area (Å²) in [6, 6.07) is 8.76. The number of piperidine rings is 1. The van der Waals surface area contributed by atoms with E-state index in [1.54, 1.807) is 7.11 Å². The number of likely N-dealkylation sites (tertiary alicyclic amines) is 1. The van der Waals surface area contributed by atoms with Gasteiger partial charge in [0.15, 0.2) is 5.96 Å². The Bertz CT molecular complexity index is 551. The van der Waals surface area contributed by atoms with Crippen molar-refractivity contribution in [3.63, 3.8) is 0 Å². The first-order valence-corrected chi connectivity index (χ1v) is 9.53. The molecule has 0 aromatic heterocycles. The summed E-state index contributed by atoms with van der Waals surface area (Å²) in [6.45, 7) is 9.55. The molecule has 0 bridgehead atoms. The van der Waals surface area contributed by atoms with Gasteiger partial charge in [-0.2, -0.15) is 0 Å². The lowest BCUT2D eigenvalue weighted by Gasteiger charge is -2.35. The Morgan fingerprint density at radius 1 is 1.15 bits per heavy atom. The predicted octanol–water partition coefficient (Wildman–Crippen LogP) is 2.50. The average molecular weight is 363 g/mol. The van der Waals surface area contributed by atoms with Crippen molar-refractivity contribution in [1.29, 1.82) is 0 Å². The fourth-order valence-electron chi connectivity index (χ4n) is 3.12. The first-order chi connectivity index (χ1) is 12.5. The number of hydrogen-bond acceptors (Lipinski definition) is 4. The monoisotopic (exact) mass is 362 g/mol. The highest BCUT2D eigenvalue weighted by atomic mass is 16.5. The number of methoxy groups -OCH3 is 1. The van der Waals surface area contributed by atoms with Crippen LogP contribution in [0, 0.1) is 0 Å². The van der Waals surface area contributed by atoms with Crippen molar-refractivity contribution in [3.8, 4) is 11.5 Å². The van der Waals surface area contributed by atoms with Gasteiger partial charge in [-0.15, -0.1) is 0 Å². The highest BCUT2D eigenvalue weighted by Gasteiger charge is 2.21. The summed E-state index contributed by atoms with van der Waals surface area (Å²) < 4.78 is 11.1. The summed E-state index contributed by atoms with van der Waals surface area (Å²) in [5, 5.41) is 6.91. The van der Waals surface area contributed by atoms with E-state index >= 15 is 0 Å². The van der Waals surface area contributed by atoms with Crippen LogP contribution in [0.1, 0.15) is 33.6 Å². The van der Waals surface area contributed by atoms with Crippen molar-refractivity contribution >= 4 is 5.96 Å². The lowest BCUT2D eigenvalue weighted by molar-refractivity contribution is 0.167. The summed E-state index contributed by atoms with van der Waals surface area (Å²) >= 11 is 0. The molecule has 1 aromatic rings. The van der Waals surface area contributed by atoms with E-state index in [0.29, 0.717) is 18.6 Å². The minimum Gasteiger partial charge on any atom is -0.497 e. The zero-order valence-corrected chi connectivity index (χ0v) is 16.8. The van der Waals surface area contributed by atoms with Gasteiger partial charge in [-0.05, 0) is 57.9 Å². The van der Waals surface area contributed by atoms with Crippen LogP contribution in [-0.2, 0) is 0 Å². The van der Waals surface area contributed by atoms with Crippen LogP contribution >= 0.6 is 0 Å². The molecule has 0 radical (unpaired) electrons. The molecule has 26 heavy (non-hydrogen) atoms. The zero-order chi connectivity index (χ0) is 18.9. The Labute approximate surface area is 158 Å². The highest BCUT2D eigenvalue weighted by molar-refractivity contribution is 5.80. The van der Waals surface area contributed by atoms with Crippen LogP contribution in [0.4, 0.5) is 0 Å². The molecule has 2 N–H and O–H groups in total. The van der Waals surface area contributed by atoms with Gasteiger partial charge in [-0.1, -0.05) is 0 Å². The second-order valence-electron chi connectivity index (χ2n) is 7.11. The van der Waals surface area contributed by atoms with Gasteiger partial charge in [-0.3, -0.25) is 4.99 Å². The maximum Gasteiger partial charge on any atom is 0.191 e. The Morgan fingerprint density at radius 2 is 1.77 bits per heavy atom. The summed E-state index contributed by atoms with van der Waals surface area (Å²) in [4.78, 5) is 6.87. The number of nitrogens with zero attached hydrogens (tertiary/aromatic N) is 2. The van der Waals surface area contributed by atoms with Gasteiger partial charge in [0, 0.05) is 32.2 Å². The SMILES string of the molecule is CN=C(NCC(C)Oc1ccc(OC)cc1)NC1CCN(C(C)C)CC1. The number of nitrogens with one attached hydrogen (secondary N) is 2. The van der Waals surface area contributed by atoms with Crippen LogP contribution in [0.25, 0.3) is 0 Å². The van der Waals surface area contributed by atoms with Crippen molar-refractivity contribution < 1.29 is 9.47 Å². The molecule has 0 amide bonds. The largest absolute Gasteiger partial charge is 0.497 e. The van der Waals surface area contributed by atoms with E-state index in [4.69, 9.17) is 9.47 Å². The first-order valence-electron chi connectivity index (χ1n) is 9.53. The van der Waals surface area contributed by atoms with E-state index in [0.717, 1.165) is 43.4 Å². The molecule has 1 atom stereocenters. The lowest BCUT2D eigenvalue weighted by Crippen LogP contribution is -2.50. The quantitative estimate of drug-likeness (QED) is 0.577. The summed E-state index contributed by atoms with van der Waals surface area (Å²) in [5.74, 6) is 2.51. The van der Waals surface area contributed by atoms with Crippen molar-refractivity contribution in [3.05, 3.63) is 24.3 Å². The molecular weight excluding hydrogens is 328 g/mol. The molecule has 1 saturated heterocycles. The maximum atomic E-state index is 5.93. The standard InChI is InChI=1S/C20H34N4O2/c1-15(2)24-12-10-17(11-13-24)23-20(21-4)22-14-16(3)26-19-8-6-18(25-5)7-9-19/h6-9,15-17H,10-14H2,1-5H3,(H2,21,22,23). The van der Waals surface area contributed by atoms with Gasteiger partial charge >= 0.3 is 0 Å². The number of benzene rings is 1. The topological polar surface area (TPSA) is 58.1 Å². The molecule has 2 rings (SSSR count). The number of ether oxygens (including phenoxy) is 2. The van der Waals surface area contributed by atoms with Crippen LogP contribution in [0.15, 0.2) is 29.3 Å². The van der Waals surface area contributed by atoms with E-state index in [1.165, 1.54) is 0 Å². The second kappa shape index (κ2) is 10.3. The fourth-order valence-corrected chi connectivity index (χ4v) is 3.12. The van der Waals surface area contributed by atoms with Gasteiger partial charge in [0.2, 0.25) is 0 Å². The smallest absolute Gasteiger partial charge is 0.191 e. The number of guanidine groups is 1. The third-order valence-corrected chi connectivity index (χ3v) is 4.78. The Morgan fingerprint density at radius 3 is 2.31 bits per heavy atom. The number of aliphatic imine (C=N–C) groups is 1. The molecule has 1 aliphatic rings. The third kappa shape index (κ3) is 6.41. The Balaban J connectivity index is 1.72. The number of hydrogen-bond donors (Lipinski definition) is 2. The van der Waals surface area contributed by atoms with Crippen molar-refractivity contribution in [2.45, 2.75) is 51.8 Å². The molecule has 146 valence electrons. The molecule has 1 aliphatic heterocycles. The molecule has 0 aliphatic carbocycles. The van der Waals surface area contributed by atoms with Crippen LogP contribution in [-0.4, -0.2) is 62.8 Å². The van der Waals surface area contributed by atoms with E-state index < -0.39 is 0 Å². The van der Waals surface area contributed by atoms with Crippen molar-refractivity contribution in [1.82, 2.24) is 15.5 Å². The molecule has 0 saturated carbocycles. The molecule has 6 nitrogen and oxygen atoms in total. The third-order valence-electron chi connectivity index (χ3n) is 4.78. The zero-order valence-electron chi connectivity index (χ0n) is 16.8. The van der Waals surface area contributed by atoms with Crippen LogP contribution in [0.2, 0.25) is 0 Å². The summed E-state index contributed by atoms with van der Waals surface area (Å²) in [7, 11) is 3.47. The lowest BCUT2D eigenvalue weighted by atomic mass is 10.0. The van der Waals surface area contributed by atoms with Crippen molar-refractivity contribution in [2.24, 2.45) is 4.99 Å². The van der Waals surface area contributed by atoms with Gasteiger partial charge in [-0.25, -0.2) is 0 Å². The fraction of sp³-hybridized carbons (Fsp3) is 0.650. The van der Waals surface area contributed by atoms with Crippen molar-refractivity contribution in [2.75, 3.05) is 33.8 Å². The molecule has 0 spiro atoms. The van der Waals surface area contributed by atoms with Crippen LogP contribution in [0.3, 0.4) is 0 Å². The van der Waals surface area contributed by atoms with E-state index in [1.807, 2.05) is 38.2 Å². The van der Waals surface area contributed by atoms with E-state index in [2.05, 4.69) is 34.4 Å². The summed E-state index contributed by atoms with van der Waals surface area (Å²) in [6.07, 6.45) is 2.33. The summed E-state index contributed by atoms with van der Waals surface area (Å²) in [5.41, 5.74) is 0. The minimum absolute atomic E-state index is 0.0322.